The molecule has 0 spiro atoms. The fourth-order valence-corrected chi connectivity index (χ4v) is 2.78. The second-order valence-corrected chi connectivity index (χ2v) is 5.25. The van der Waals surface area contributed by atoms with Gasteiger partial charge in [0.05, 0.1) is 0 Å². The molecule has 0 aliphatic carbocycles. The fourth-order valence-electron chi connectivity index (χ4n) is 2.78. The van der Waals surface area contributed by atoms with Crippen molar-refractivity contribution < 1.29 is 0 Å². The predicted molar refractivity (Wildman–Crippen MR) is 75.5 cm³/mol. The van der Waals surface area contributed by atoms with E-state index in [9.17, 15) is 0 Å². The molecule has 1 aliphatic rings. The molecule has 3 heteroatoms. The molecule has 1 aliphatic heterocycles. The van der Waals surface area contributed by atoms with Crippen LogP contribution in [0.25, 0.3) is 0 Å². The third kappa shape index (κ3) is 5.84. The first-order valence-corrected chi connectivity index (χ1v) is 7.41. The van der Waals surface area contributed by atoms with E-state index in [0.29, 0.717) is 0 Å². The molecule has 0 saturated carbocycles. The van der Waals surface area contributed by atoms with Crippen LogP contribution < -0.4 is 5.32 Å². The van der Waals surface area contributed by atoms with Crippen LogP contribution in [0.1, 0.15) is 39.5 Å². The molecular weight excluding hydrogens is 210 g/mol. The Morgan fingerprint density at radius 2 is 2.12 bits per heavy atom. The van der Waals surface area contributed by atoms with E-state index in [4.69, 9.17) is 0 Å². The summed E-state index contributed by atoms with van der Waals surface area (Å²) in [7, 11) is 2.28. The van der Waals surface area contributed by atoms with Gasteiger partial charge in [0.1, 0.15) is 0 Å². The second kappa shape index (κ2) is 8.90. The average molecular weight is 241 g/mol. The molecule has 0 amide bonds. The number of hydrogen-bond donors (Lipinski definition) is 1. The van der Waals surface area contributed by atoms with Gasteiger partial charge in [0.25, 0.3) is 0 Å². The van der Waals surface area contributed by atoms with Gasteiger partial charge in [-0.15, -0.1) is 0 Å². The Kier molecular flexibility index (Phi) is 7.82. The smallest absolute Gasteiger partial charge is 0.0223 e. The number of likely N-dealkylation sites (N-methyl/N-ethyl adjacent to an activating group) is 2. The van der Waals surface area contributed by atoms with Crippen molar-refractivity contribution in [2.75, 3.05) is 46.3 Å². The highest BCUT2D eigenvalue weighted by molar-refractivity contribution is 4.80. The van der Waals surface area contributed by atoms with Crippen molar-refractivity contribution >= 4 is 0 Å². The molecule has 3 nitrogen and oxygen atoms in total. The Labute approximate surface area is 108 Å². The molecule has 1 saturated heterocycles. The first kappa shape index (κ1) is 14.9. The largest absolute Gasteiger partial charge is 0.317 e. The summed E-state index contributed by atoms with van der Waals surface area (Å²) < 4.78 is 0. The van der Waals surface area contributed by atoms with E-state index in [1.807, 2.05) is 0 Å². The highest BCUT2D eigenvalue weighted by Gasteiger charge is 2.23. The Hall–Kier alpha value is -0.120. The van der Waals surface area contributed by atoms with E-state index in [-0.39, 0.29) is 0 Å². The summed E-state index contributed by atoms with van der Waals surface area (Å²) in [5.74, 6) is 0. The lowest BCUT2D eigenvalue weighted by atomic mass is 10.2. The van der Waals surface area contributed by atoms with Crippen LogP contribution in [0.5, 0.6) is 0 Å². The SMILES string of the molecule is CCNCCCCN(C)CC1CCCN1CC. The van der Waals surface area contributed by atoms with Crippen molar-refractivity contribution in [2.45, 2.75) is 45.6 Å². The highest BCUT2D eigenvalue weighted by Crippen LogP contribution is 2.17. The Balaban J connectivity index is 2.05. The van der Waals surface area contributed by atoms with E-state index >= 15 is 0 Å². The minimum atomic E-state index is 0.818. The average Bonchev–Trinajstić information content (AvgIpc) is 2.76. The maximum absolute atomic E-state index is 3.38. The highest BCUT2D eigenvalue weighted by atomic mass is 15.2. The summed E-state index contributed by atoms with van der Waals surface area (Å²) in [5.41, 5.74) is 0. The fraction of sp³-hybridized carbons (Fsp3) is 1.00. The van der Waals surface area contributed by atoms with Crippen molar-refractivity contribution in [3.05, 3.63) is 0 Å². The molecular formula is C14H31N3. The molecule has 17 heavy (non-hydrogen) atoms. The van der Waals surface area contributed by atoms with E-state index in [1.54, 1.807) is 0 Å². The zero-order chi connectivity index (χ0) is 12.5. The van der Waals surface area contributed by atoms with Gasteiger partial charge in [0, 0.05) is 12.6 Å². The molecule has 1 N–H and O–H groups in total. The van der Waals surface area contributed by atoms with E-state index < -0.39 is 0 Å². The third-order valence-electron chi connectivity index (χ3n) is 3.82. The van der Waals surface area contributed by atoms with E-state index in [2.05, 4.69) is 36.0 Å². The summed E-state index contributed by atoms with van der Waals surface area (Å²) in [5, 5.41) is 3.38. The Morgan fingerprint density at radius 3 is 2.82 bits per heavy atom. The van der Waals surface area contributed by atoms with E-state index in [0.717, 1.165) is 12.6 Å². The molecule has 1 atom stereocenters. The van der Waals surface area contributed by atoms with Crippen LogP contribution in [0, 0.1) is 0 Å². The first-order valence-electron chi connectivity index (χ1n) is 7.41. The molecule has 1 heterocycles. The summed E-state index contributed by atoms with van der Waals surface area (Å²) in [6.45, 7) is 11.8. The van der Waals surface area contributed by atoms with Gasteiger partial charge in [-0.2, -0.15) is 0 Å². The molecule has 0 bridgehead atoms. The standard InChI is InChI=1S/C14H31N3/c1-4-15-10-6-7-11-16(3)13-14-9-8-12-17(14)5-2/h14-15H,4-13H2,1-3H3. The van der Waals surface area contributed by atoms with Crippen molar-refractivity contribution in [1.29, 1.82) is 0 Å². The number of rotatable bonds is 9. The third-order valence-corrected chi connectivity index (χ3v) is 3.82. The number of unbranched alkanes of at least 4 members (excludes halogenated alkanes) is 1. The Morgan fingerprint density at radius 1 is 1.29 bits per heavy atom. The summed E-state index contributed by atoms with van der Waals surface area (Å²) >= 11 is 0. The van der Waals surface area contributed by atoms with Crippen LogP contribution in [0.2, 0.25) is 0 Å². The molecule has 0 radical (unpaired) electrons. The van der Waals surface area contributed by atoms with Crippen LogP contribution in [-0.2, 0) is 0 Å². The van der Waals surface area contributed by atoms with Gasteiger partial charge in [-0.3, -0.25) is 4.90 Å². The first-order chi connectivity index (χ1) is 8.27. The van der Waals surface area contributed by atoms with Gasteiger partial charge in [0.2, 0.25) is 0 Å². The van der Waals surface area contributed by atoms with Crippen molar-refractivity contribution in [2.24, 2.45) is 0 Å². The van der Waals surface area contributed by atoms with Crippen molar-refractivity contribution in [3.8, 4) is 0 Å². The van der Waals surface area contributed by atoms with Gasteiger partial charge >= 0.3 is 0 Å². The number of likely N-dealkylation sites (tertiary alicyclic amines) is 1. The molecule has 0 aromatic rings. The van der Waals surface area contributed by atoms with Gasteiger partial charge in [0.15, 0.2) is 0 Å². The normalized spacial score (nSPS) is 21.5. The topological polar surface area (TPSA) is 18.5 Å². The molecule has 1 unspecified atom stereocenters. The number of hydrogen-bond acceptors (Lipinski definition) is 3. The van der Waals surface area contributed by atoms with Crippen LogP contribution in [0.15, 0.2) is 0 Å². The van der Waals surface area contributed by atoms with Crippen LogP contribution in [0.3, 0.4) is 0 Å². The Bertz CT molecular complexity index is 184. The van der Waals surface area contributed by atoms with Gasteiger partial charge in [-0.05, 0) is 65.5 Å². The molecule has 0 aromatic heterocycles. The second-order valence-electron chi connectivity index (χ2n) is 5.25. The van der Waals surface area contributed by atoms with Crippen LogP contribution in [0.4, 0.5) is 0 Å². The lowest BCUT2D eigenvalue weighted by molar-refractivity contribution is 0.197. The lowest BCUT2D eigenvalue weighted by Gasteiger charge is -2.27. The van der Waals surface area contributed by atoms with Crippen LogP contribution in [-0.4, -0.2) is 62.2 Å². The van der Waals surface area contributed by atoms with E-state index in [1.165, 1.54) is 58.4 Å². The zero-order valence-corrected chi connectivity index (χ0v) is 12.0. The predicted octanol–water partition coefficient (Wildman–Crippen LogP) is 1.79. The summed E-state index contributed by atoms with van der Waals surface area (Å²) in [6.07, 6.45) is 5.42. The van der Waals surface area contributed by atoms with Crippen molar-refractivity contribution in [1.82, 2.24) is 15.1 Å². The van der Waals surface area contributed by atoms with Crippen molar-refractivity contribution in [3.63, 3.8) is 0 Å². The monoisotopic (exact) mass is 241 g/mol. The van der Waals surface area contributed by atoms with Crippen LogP contribution >= 0.6 is 0 Å². The number of nitrogens with one attached hydrogen (secondary N) is 1. The minimum absolute atomic E-state index is 0.818. The molecule has 1 rings (SSSR count). The van der Waals surface area contributed by atoms with Gasteiger partial charge < -0.3 is 10.2 Å². The summed E-state index contributed by atoms with van der Waals surface area (Å²) in [4.78, 5) is 5.15. The molecule has 0 aromatic carbocycles. The maximum atomic E-state index is 3.38. The van der Waals surface area contributed by atoms with Gasteiger partial charge in [-0.25, -0.2) is 0 Å². The summed E-state index contributed by atoms with van der Waals surface area (Å²) in [6, 6.07) is 0.818. The van der Waals surface area contributed by atoms with Gasteiger partial charge in [-0.1, -0.05) is 13.8 Å². The quantitative estimate of drug-likeness (QED) is 0.621. The molecule has 1 fully saturated rings. The zero-order valence-electron chi connectivity index (χ0n) is 12.0. The minimum Gasteiger partial charge on any atom is -0.317 e. The maximum Gasteiger partial charge on any atom is 0.0223 e. The molecule has 102 valence electrons. The lowest BCUT2D eigenvalue weighted by Crippen LogP contribution is -2.39. The number of nitrogens with zero attached hydrogens (tertiary/aromatic N) is 2.